The summed E-state index contributed by atoms with van der Waals surface area (Å²) < 4.78 is 52.9. The lowest BCUT2D eigenvalue weighted by Crippen LogP contribution is -2.33. The lowest BCUT2D eigenvalue weighted by molar-refractivity contribution is -0.0503. The van der Waals surface area contributed by atoms with Gasteiger partial charge in [-0.1, -0.05) is 31.0 Å². The maximum Gasteiger partial charge on any atom is 0.490 e. The number of nitrogen functional groups attached to an aromatic ring is 1. The first-order valence-corrected chi connectivity index (χ1v) is 16.5. The Hall–Kier alpha value is -1.01. The molecule has 2 aliphatic rings. The average molecular weight is 621 g/mol. The van der Waals surface area contributed by atoms with Gasteiger partial charge < -0.3 is 40.3 Å². The van der Waals surface area contributed by atoms with Crippen LogP contribution in [0.2, 0.25) is 0 Å². The maximum atomic E-state index is 12.0. The molecule has 1 saturated heterocycles. The summed E-state index contributed by atoms with van der Waals surface area (Å²) in [6.45, 7) is -0.953. The zero-order valence-electron chi connectivity index (χ0n) is 19.4. The highest BCUT2D eigenvalue weighted by Gasteiger charge is 2.47. The van der Waals surface area contributed by atoms with Gasteiger partial charge in [-0.15, -0.1) is 0 Å². The number of ether oxygens (including phenoxy) is 1. The second kappa shape index (κ2) is 11.5. The second-order valence-electron chi connectivity index (χ2n) is 8.53. The third-order valence-electron chi connectivity index (χ3n) is 5.68. The first-order valence-electron chi connectivity index (χ1n) is 11.1. The SMILES string of the molecule is Nc1nc(SC2CCCCC2)nc2c1ncn2[C@@H]1O[C@H](COP(=O)(O)OP(=O)(O)OP(=O)(O)O)[C@@H](O)[C@H]1O. The molecule has 1 aliphatic heterocycles. The second-order valence-corrected chi connectivity index (χ2v) is 14.2. The highest BCUT2D eigenvalue weighted by atomic mass is 32.2. The van der Waals surface area contributed by atoms with Crippen LogP contribution in [0.4, 0.5) is 5.82 Å². The first-order chi connectivity index (χ1) is 17.6. The molecule has 4 rings (SSSR count). The summed E-state index contributed by atoms with van der Waals surface area (Å²) >= 11 is 1.48. The van der Waals surface area contributed by atoms with Crippen LogP contribution in [0.3, 0.4) is 0 Å². The van der Waals surface area contributed by atoms with Crippen molar-refractivity contribution in [2.24, 2.45) is 0 Å². The minimum atomic E-state index is -5.72. The van der Waals surface area contributed by atoms with Crippen LogP contribution in [-0.4, -0.2) is 79.5 Å². The Morgan fingerprint density at radius 2 is 1.71 bits per heavy atom. The van der Waals surface area contributed by atoms with Crippen LogP contribution >= 0.6 is 35.2 Å². The van der Waals surface area contributed by atoms with Gasteiger partial charge >= 0.3 is 23.5 Å². The number of imidazole rings is 1. The van der Waals surface area contributed by atoms with Gasteiger partial charge in [0.2, 0.25) is 0 Å². The number of hydrogen-bond donors (Lipinski definition) is 7. The molecule has 2 aromatic rings. The number of thioether (sulfide) groups is 1. The van der Waals surface area contributed by atoms with E-state index in [-0.39, 0.29) is 17.0 Å². The van der Waals surface area contributed by atoms with Crippen LogP contribution in [0.15, 0.2) is 11.5 Å². The van der Waals surface area contributed by atoms with Gasteiger partial charge in [0.25, 0.3) is 0 Å². The number of aliphatic hydroxyl groups is 2. The Bertz CT molecular complexity index is 1300. The van der Waals surface area contributed by atoms with E-state index in [0.717, 1.165) is 25.7 Å². The van der Waals surface area contributed by atoms with E-state index in [2.05, 4.69) is 28.1 Å². The molecule has 6 atom stereocenters. The Labute approximate surface area is 219 Å². The van der Waals surface area contributed by atoms with Gasteiger partial charge in [-0.05, 0) is 12.8 Å². The summed E-state index contributed by atoms with van der Waals surface area (Å²) in [5, 5.41) is 21.7. The van der Waals surface area contributed by atoms with Crippen molar-refractivity contribution in [3.63, 3.8) is 0 Å². The van der Waals surface area contributed by atoms with E-state index in [1.807, 2.05) is 0 Å². The molecule has 0 spiro atoms. The molecule has 2 unspecified atom stereocenters. The van der Waals surface area contributed by atoms with Crippen LogP contribution in [0.1, 0.15) is 38.3 Å². The highest BCUT2D eigenvalue weighted by Crippen LogP contribution is 2.66. The van der Waals surface area contributed by atoms with Gasteiger partial charge in [-0.3, -0.25) is 9.09 Å². The van der Waals surface area contributed by atoms with Crippen LogP contribution < -0.4 is 5.73 Å². The van der Waals surface area contributed by atoms with Gasteiger partial charge in [0, 0.05) is 5.25 Å². The molecule has 2 aromatic heterocycles. The van der Waals surface area contributed by atoms with Crippen LogP contribution in [0, 0.1) is 0 Å². The fourth-order valence-electron chi connectivity index (χ4n) is 4.06. The van der Waals surface area contributed by atoms with Crippen molar-refractivity contribution in [2.45, 2.75) is 67.1 Å². The first kappa shape index (κ1) is 30.0. The smallest absolute Gasteiger partial charge is 0.387 e. The predicted molar refractivity (Wildman–Crippen MR) is 128 cm³/mol. The summed E-state index contributed by atoms with van der Waals surface area (Å²) in [6.07, 6.45) is 0.624. The van der Waals surface area contributed by atoms with E-state index in [1.165, 1.54) is 29.1 Å². The topological polar surface area (TPSA) is 279 Å². The molecule has 1 saturated carbocycles. The number of rotatable bonds is 10. The number of nitrogens with two attached hydrogens (primary N) is 1. The summed E-state index contributed by atoms with van der Waals surface area (Å²) in [4.78, 5) is 49.0. The molecular formula is C16H26N5O13P3S. The number of phosphoric ester groups is 1. The minimum Gasteiger partial charge on any atom is -0.387 e. The van der Waals surface area contributed by atoms with Crippen molar-refractivity contribution >= 4 is 52.2 Å². The van der Waals surface area contributed by atoms with Crippen molar-refractivity contribution in [3.8, 4) is 0 Å². The highest BCUT2D eigenvalue weighted by molar-refractivity contribution is 7.99. The maximum absolute atomic E-state index is 12.0. The number of fused-ring (bicyclic) bond motifs is 1. The minimum absolute atomic E-state index is 0.101. The van der Waals surface area contributed by atoms with Crippen molar-refractivity contribution < 1.29 is 61.4 Å². The van der Waals surface area contributed by atoms with Crippen LogP contribution in [-0.2, 0) is 31.6 Å². The normalized spacial score (nSPS) is 28.4. The van der Waals surface area contributed by atoms with E-state index >= 15 is 0 Å². The Balaban J connectivity index is 1.47. The summed E-state index contributed by atoms with van der Waals surface area (Å²) in [6, 6.07) is 0. The number of aliphatic hydroxyl groups excluding tert-OH is 2. The molecule has 3 heterocycles. The van der Waals surface area contributed by atoms with Crippen molar-refractivity contribution in [1.82, 2.24) is 19.5 Å². The quantitative estimate of drug-likeness (QED) is 0.143. The van der Waals surface area contributed by atoms with E-state index < -0.39 is 54.6 Å². The Morgan fingerprint density at radius 1 is 1.03 bits per heavy atom. The number of nitrogens with zero attached hydrogens (tertiary/aromatic N) is 4. The van der Waals surface area contributed by atoms with E-state index in [1.54, 1.807) is 0 Å². The lowest BCUT2D eigenvalue weighted by atomic mass is 10.0. The largest absolute Gasteiger partial charge is 0.490 e. The van der Waals surface area contributed by atoms with E-state index in [0.29, 0.717) is 10.4 Å². The van der Waals surface area contributed by atoms with Gasteiger partial charge in [0.15, 0.2) is 22.8 Å². The number of hydrogen-bond acceptors (Lipinski definition) is 14. The van der Waals surface area contributed by atoms with Gasteiger partial charge in [0.05, 0.1) is 12.9 Å². The molecule has 1 aliphatic carbocycles. The van der Waals surface area contributed by atoms with Crippen molar-refractivity contribution in [1.29, 1.82) is 0 Å². The zero-order valence-corrected chi connectivity index (χ0v) is 22.9. The van der Waals surface area contributed by atoms with Gasteiger partial charge in [0.1, 0.15) is 23.8 Å². The van der Waals surface area contributed by atoms with Crippen LogP contribution in [0.25, 0.3) is 11.2 Å². The molecule has 22 heteroatoms. The molecule has 214 valence electrons. The lowest BCUT2D eigenvalue weighted by Gasteiger charge is -2.20. The molecule has 18 nitrogen and oxygen atoms in total. The van der Waals surface area contributed by atoms with Crippen LogP contribution in [0.5, 0.6) is 0 Å². The van der Waals surface area contributed by atoms with Crippen molar-refractivity contribution in [2.75, 3.05) is 12.3 Å². The van der Waals surface area contributed by atoms with E-state index in [9.17, 15) is 33.7 Å². The average Bonchev–Trinajstić information content (AvgIpc) is 3.32. The zero-order chi connectivity index (χ0) is 27.9. The molecule has 0 radical (unpaired) electrons. The third kappa shape index (κ3) is 7.38. The Morgan fingerprint density at radius 3 is 2.37 bits per heavy atom. The predicted octanol–water partition coefficient (Wildman–Crippen LogP) is 0.796. The number of phosphoric acid groups is 3. The molecule has 0 amide bonds. The van der Waals surface area contributed by atoms with Crippen molar-refractivity contribution in [3.05, 3.63) is 6.33 Å². The number of anilines is 1. The molecule has 8 N–H and O–H groups in total. The molecule has 0 aromatic carbocycles. The summed E-state index contributed by atoms with van der Waals surface area (Å²) in [5.41, 5.74) is 6.49. The Kier molecular flexibility index (Phi) is 9.04. The standard InChI is InChI=1S/C16H26N5O13P3S/c17-13-10-14(20-16(19-13)38-8-4-2-1-3-5-8)21(7-18-10)15-12(23)11(22)9(32-15)6-31-36(27,28)34-37(29,30)33-35(24,25)26/h7-9,11-12,15,22-23H,1-6H2,(H,27,28)(H,29,30)(H2,17,19,20)(H2,24,25,26)/t9-,11-,12-,15-/m1/s1. The molecular weight excluding hydrogens is 595 g/mol. The number of aromatic nitrogens is 4. The van der Waals surface area contributed by atoms with E-state index in [4.69, 9.17) is 20.3 Å². The monoisotopic (exact) mass is 621 g/mol. The third-order valence-corrected chi connectivity index (χ3v) is 10.7. The summed E-state index contributed by atoms with van der Waals surface area (Å²) in [5.74, 6) is 0.101. The van der Waals surface area contributed by atoms with Gasteiger partial charge in [-0.25, -0.2) is 28.6 Å². The fourth-order valence-corrected chi connectivity index (χ4v) is 8.24. The van der Waals surface area contributed by atoms with Gasteiger partial charge in [-0.2, -0.15) is 8.62 Å². The summed E-state index contributed by atoms with van der Waals surface area (Å²) in [7, 11) is -16.7. The fraction of sp³-hybridized carbons (Fsp3) is 0.688. The molecule has 2 fully saturated rings. The molecule has 0 bridgehead atoms. The molecule has 38 heavy (non-hydrogen) atoms.